The molecule has 1 aliphatic rings. The third kappa shape index (κ3) is 4.66. The van der Waals surface area contributed by atoms with E-state index < -0.39 is 0 Å². The van der Waals surface area contributed by atoms with Crippen LogP contribution in [0.25, 0.3) is 0 Å². The Hall–Kier alpha value is -1.70. The molecule has 1 aromatic rings. The van der Waals surface area contributed by atoms with Gasteiger partial charge in [0.1, 0.15) is 12.4 Å². The number of carbonyl (C=O) groups excluding carboxylic acids is 1. The molecule has 1 aromatic carbocycles. The molecule has 0 saturated heterocycles. The summed E-state index contributed by atoms with van der Waals surface area (Å²) < 4.78 is 5.34. The quantitative estimate of drug-likeness (QED) is 0.850. The number of carbonyl (C=O) groups is 1. The zero-order chi connectivity index (χ0) is 15.9. The lowest BCUT2D eigenvalue weighted by Gasteiger charge is -2.32. The molecule has 1 saturated carbocycles. The lowest BCUT2D eigenvalue weighted by Crippen LogP contribution is -2.40. The topological polar surface area (TPSA) is 49.8 Å². The summed E-state index contributed by atoms with van der Waals surface area (Å²) in [6, 6.07) is 6.90. The van der Waals surface area contributed by atoms with Gasteiger partial charge in [-0.05, 0) is 49.9 Å². The molecule has 1 amide bonds. The summed E-state index contributed by atoms with van der Waals surface area (Å²) in [6.07, 6.45) is 3.33. The summed E-state index contributed by atoms with van der Waals surface area (Å²) in [5.41, 5.74) is 0. The Morgan fingerprint density at radius 3 is 2.55 bits per heavy atom. The second-order valence-electron chi connectivity index (χ2n) is 5.42. The summed E-state index contributed by atoms with van der Waals surface area (Å²) in [5, 5.41) is 9.32. The smallest absolute Gasteiger partial charge is 0.410 e. The van der Waals surface area contributed by atoms with Gasteiger partial charge in [-0.1, -0.05) is 23.4 Å². The van der Waals surface area contributed by atoms with Gasteiger partial charge in [-0.25, -0.2) is 4.79 Å². The Morgan fingerprint density at radius 2 is 1.95 bits per heavy atom. The van der Waals surface area contributed by atoms with E-state index in [1.807, 2.05) is 0 Å². The molecule has 0 aliphatic heterocycles. The first-order valence-corrected chi connectivity index (χ1v) is 7.77. The molecule has 0 unspecified atom stereocenters. The highest BCUT2D eigenvalue weighted by Gasteiger charge is 2.26. The van der Waals surface area contributed by atoms with Crippen LogP contribution in [-0.4, -0.2) is 35.8 Å². The van der Waals surface area contributed by atoms with Crippen molar-refractivity contribution in [3.05, 3.63) is 29.3 Å². The predicted molar refractivity (Wildman–Crippen MR) is 85.8 cm³/mol. The maximum atomic E-state index is 12.2. The number of rotatable bonds is 2. The SMILES string of the molecule is CN(C(=O)Oc1ccc(Cl)cc1)C1CCC(C#CCO)CC1. The molecular formula is C17H20ClNO3. The normalized spacial score (nSPS) is 20.7. The number of aliphatic hydroxyl groups is 1. The minimum absolute atomic E-state index is 0.0900. The molecule has 0 radical (unpaired) electrons. The van der Waals surface area contributed by atoms with E-state index >= 15 is 0 Å². The lowest BCUT2D eigenvalue weighted by molar-refractivity contribution is 0.129. The van der Waals surface area contributed by atoms with Crippen LogP contribution in [0.1, 0.15) is 25.7 Å². The van der Waals surface area contributed by atoms with Crippen molar-refractivity contribution in [2.45, 2.75) is 31.7 Å². The van der Waals surface area contributed by atoms with Gasteiger partial charge < -0.3 is 14.7 Å². The van der Waals surface area contributed by atoms with Crippen molar-refractivity contribution < 1.29 is 14.6 Å². The van der Waals surface area contributed by atoms with Crippen LogP contribution in [0.15, 0.2) is 24.3 Å². The zero-order valence-electron chi connectivity index (χ0n) is 12.6. The lowest BCUT2D eigenvalue weighted by atomic mass is 9.86. The van der Waals surface area contributed by atoms with Crippen LogP contribution in [0, 0.1) is 17.8 Å². The van der Waals surface area contributed by atoms with Crippen molar-refractivity contribution in [2.24, 2.45) is 5.92 Å². The molecule has 118 valence electrons. The Kier molecular flexibility index (Phi) is 6.11. The van der Waals surface area contributed by atoms with Crippen LogP contribution in [0.4, 0.5) is 4.79 Å². The number of amides is 1. The summed E-state index contributed by atoms with van der Waals surface area (Å²) in [7, 11) is 1.77. The Balaban J connectivity index is 1.85. The third-order valence-corrected chi connectivity index (χ3v) is 4.19. The van der Waals surface area contributed by atoms with E-state index in [2.05, 4.69) is 11.8 Å². The van der Waals surface area contributed by atoms with Gasteiger partial charge in [-0.2, -0.15) is 0 Å². The second-order valence-corrected chi connectivity index (χ2v) is 5.85. The van der Waals surface area contributed by atoms with E-state index in [9.17, 15) is 4.79 Å². The van der Waals surface area contributed by atoms with Gasteiger partial charge in [0.25, 0.3) is 0 Å². The molecule has 0 atom stereocenters. The summed E-state index contributed by atoms with van der Waals surface area (Å²) in [6.45, 7) is -0.0900. The Morgan fingerprint density at radius 1 is 1.32 bits per heavy atom. The number of benzene rings is 1. The maximum absolute atomic E-state index is 12.2. The summed E-state index contributed by atoms with van der Waals surface area (Å²) >= 11 is 5.80. The molecule has 1 N–H and O–H groups in total. The minimum atomic E-state index is -0.354. The number of hydrogen-bond acceptors (Lipinski definition) is 3. The van der Waals surface area contributed by atoms with Crippen molar-refractivity contribution in [1.29, 1.82) is 0 Å². The Labute approximate surface area is 136 Å². The van der Waals surface area contributed by atoms with Crippen molar-refractivity contribution in [3.63, 3.8) is 0 Å². The van der Waals surface area contributed by atoms with Gasteiger partial charge in [-0.3, -0.25) is 0 Å². The van der Waals surface area contributed by atoms with Crippen LogP contribution < -0.4 is 4.74 Å². The molecule has 0 aromatic heterocycles. The highest BCUT2D eigenvalue weighted by Crippen LogP contribution is 2.27. The van der Waals surface area contributed by atoms with E-state index in [1.165, 1.54) is 0 Å². The standard InChI is InChI=1S/C17H20ClNO3/c1-19(15-8-4-13(5-9-15)3-2-12-20)17(21)22-16-10-6-14(18)7-11-16/h6-7,10-11,13,15,20H,4-5,8-9,12H2,1H3. The molecule has 0 bridgehead atoms. The summed E-state index contributed by atoms with van der Waals surface area (Å²) in [5.74, 6) is 6.58. The minimum Gasteiger partial charge on any atom is -0.410 e. The van der Waals surface area contributed by atoms with Crippen LogP contribution in [-0.2, 0) is 0 Å². The third-order valence-electron chi connectivity index (χ3n) is 3.94. The second kappa shape index (κ2) is 8.07. The number of hydrogen-bond donors (Lipinski definition) is 1. The highest BCUT2D eigenvalue weighted by molar-refractivity contribution is 6.30. The molecule has 4 nitrogen and oxygen atoms in total. The van der Waals surface area contributed by atoms with Crippen LogP contribution in [0.3, 0.4) is 0 Å². The van der Waals surface area contributed by atoms with Crippen molar-refractivity contribution in [3.8, 4) is 17.6 Å². The average molecular weight is 322 g/mol. The van der Waals surface area contributed by atoms with Gasteiger partial charge in [-0.15, -0.1) is 0 Å². The van der Waals surface area contributed by atoms with Gasteiger partial charge in [0.05, 0.1) is 0 Å². The van der Waals surface area contributed by atoms with Gasteiger partial charge in [0, 0.05) is 24.0 Å². The number of nitrogens with zero attached hydrogens (tertiary/aromatic N) is 1. The predicted octanol–water partition coefficient (Wildman–Crippen LogP) is 3.33. The largest absolute Gasteiger partial charge is 0.415 e. The molecule has 2 rings (SSSR count). The average Bonchev–Trinajstić information content (AvgIpc) is 2.55. The van der Waals surface area contributed by atoms with Gasteiger partial charge >= 0.3 is 6.09 Å². The fourth-order valence-electron chi connectivity index (χ4n) is 2.62. The van der Waals surface area contributed by atoms with E-state index in [0.717, 1.165) is 25.7 Å². The van der Waals surface area contributed by atoms with Crippen LogP contribution in [0.5, 0.6) is 5.75 Å². The number of halogens is 1. The van der Waals surface area contributed by atoms with Gasteiger partial charge in [0.15, 0.2) is 0 Å². The van der Waals surface area contributed by atoms with Crippen molar-refractivity contribution in [1.82, 2.24) is 4.90 Å². The maximum Gasteiger partial charge on any atom is 0.415 e. The van der Waals surface area contributed by atoms with E-state index in [1.54, 1.807) is 36.2 Å². The number of aliphatic hydroxyl groups excluding tert-OH is 1. The molecular weight excluding hydrogens is 302 g/mol. The fourth-order valence-corrected chi connectivity index (χ4v) is 2.75. The van der Waals surface area contributed by atoms with E-state index in [0.29, 0.717) is 16.7 Å². The molecule has 1 fully saturated rings. The van der Waals surface area contributed by atoms with Crippen molar-refractivity contribution in [2.75, 3.05) is 13.7 Å². The van der Waals surface area contributed by atoms with Gasteiger partial charge in [0.2, 0.25) is 0 Å². The fraction of sp³-hybridized carbons (Fsp3) is 0.471. The first-order valence-electron chi connectivity index (χ1n) is 7.39. The van der Waals surface area contributed by atoms with Crippen LogP contribution in [0.2, 0.25) is 5.02 Å². The number of ether oxygens (including phenoxy) is 1. The van der Waals surface area contributed by atoms with Crippen molar-refractivity contribution >= 4 is 17.7 Å². The monoisotopic (exact) mass is 321 g/mol. The first-order chi connectivity index (χ1) is 10.6. The molecule has 5 heteroatoms. The van der Waals surface area contributed by atoms with E-state index in [4.69, 9.17) is 21.4 Å². The molecule has 1 aliphatic carbocycles. The summed E-state index contributed by atoms with van der Waals surface area (Å²) in [4.78, 5) is 13.8. The highest BCUT2D eigenvalue weighted by atomic mass is 35.5. The molecule has 0 heterocycles. The van der Waals surface area contributed by atoms with E-state index in [-0.39, 0.29) is 18.7 Å². The zero-order valence-corrected chi connectivity index (χ0v) is 13.3. The Bertz CT molecular complexity index is 554. The molecule has 0 spiro atoms. The van der Waals surface area contributed by atoms with Crippen LogP contribution >= 0.6 is 11.6 Å². The first kappa shape index (κ1) is 16.7. The molecule has 22 heavy (non-hydrogen) atoms.